The van der Waals surface area contributed by atoms with Crippen molar-refractivity contribution in [3.63, 3.8) is 0 Å². The predicted octanol–water partition coefficient (Wildman–Crippen LogP) is 4.15. The van der Waals surface area contributed by atoms with E-state index in [9.17, 15) is 9.90 Å². The van der Waals surface area contributed by atoms with Crippen molar-refractivity contribution in [1.29, 1.82) is 0 Å². The first kappa shape index (κ1) is 20.3. The van der Waals surface area contributed by atoms with Crippen molar-refractivity contribution in [2.75, 3.05) is 20.2 Å². The summed E-state index contributed by atoms with van der Waals surface area (Å²) in [4.78, 5) is 13.8. The molecule has 140 valence electrons. The number of ether oxygens (including phenoxy) is 1. The Bertz CT molecular complexity index is 720. The van der Waals surface area contributed by atoms with Crippen LogP contribution in [0.1, 0.15) is 36.7 Å². The lowest BCUT2D eigenvalue weighted by Crippen LogP contribution is -2.37. The van der Waals surface area contributed by atoms with Crippen molar-refractivity contribution in [2.24, 2.45) is 0 Å². The minimum absolute atomic E-state index is 0.0861. The number of amides is 1. The van der Waals surface area contributed by atoms with Crippen LogP contribution in [0.25, 0.3) is 0 Å². The van der Waals surface area contributed by atoms with Crippen LogP contribution in [-0.2, 0) is 5.41 Å². The van der Waals surface area contributed by atoms with Crippen molar-refractivity contribution in [3.8, 4) is 5.75 Å². The van der Waals surface area contributed by atoms with Crippen LogP contribution in [0.3, 0.4) is 0 Å². The van der Waals surface area contributed by atoms with Gasteiger partial charge in [0.25, 0.3) is 5.91 Å². The number of aliphatic hydroxyl groups is 1. The minimum atomic E-state index is -0.779. The van der Waals surface area contributed by atoms with E-state index in [1.165, 1.54) is 10.5 Å². The number of aliphatic hydroxyl groups excluding tert-OH is 1. The van der Waals surface area contributed by atoms with E-state index in [-0.39, 0.29) is 24.5 Å². The first-order valence-corrected chi connectivity index (χ1v) is 8.97. The average Bonchev–Trinajstić information content (AvgIpc) is 2.59. The van der Waals surface area contributed by atoms with E-state index >= 15 is 0 Å². The lowest BCUT2D eigenvalue weighted by molar-refractivity contribution is 0.0563. The molecule has 2 aromatic rings. The Morgan fingerprint density at radius 3 is 2.23 bits per heavy atom. The molecule has 0 saturated carbocycles. The summed E-state index contributed by atoms with van der Waals surface area (Å²) in [5.74, 6) is 0.527. The van der Waals surface area contributed by atoms with Crippen molar-refractivity contribution in [1.82, 2.24) is 4.90 Å². The van der Waals surface area contributed by atoms with E-state index in [1.54, 1.807) is 31.3 Å². The molecular weight excluding hydrogens is 350 g/mol. The molecule has 5 heteroatoms. The fraction of sp³-hybridized carbons (Fsp3) is 0.381. The van der Waals surface area contributed by atoms with Gasteiger partial charge in [0.15, 0.2) is 0 Å². The quantitative estimate of drug-likeness (QED) is 0.825. The molecule has 0 heterocycles. The lowest BCUT2D eigenvalue weighted by atomic mass is 9.87. The van der Waals surface area contributed by atoms with Crippen LogP contribution >= 0.6 is 11.6 Å². The van der Waals surface area contributed by atoms with Gasteiger partial charge in [-0.3, -0.25) is 4.79 Å². The van der Waals surface area contributed by atoms with Gasteiger partial charge in [-0.1, -0.05) is 44.5 Å². The predicted molar refractivity (Wildman–Crippen MR) is 105 cm³/mol. The molecule has 1 amide bonds. The smallest absolute Gasteiger partial charge is 0.253 e. The number of hydrogen-bond donors (Lipinski definition) is 1. The summed E-state index contributed by atoms with van der Waals surface area (Å²) in [5.41, 5.74) is 1.84. The molecule has 0 aliphatic carbocycles. The van der Waals surface area contributed by atoms with E-state index in [0.717, 1.165) is 0 Å². The van der Waals surface area contributed by atoms with Crippen molar-refractivity contribution in [2.45, 2.75) is 32.3 Å². The molecule has 0 radical (unpaired) electrons. The molecule has 1 N–H and O–H groups in total. The summed E-state index contributed by atoms with van der Waals surface area (Å²) in [7, 11) is 1.65. The van der Waals surface area contributed by atoms with Crippen LogP contribution in [0.5, 0.6) is 5.75 Å². The second kappa shape index (κ2) is 8.56. The zero-order chi connectivity index (χ0) is 19.3. The van der Waals surface area contributed by atoms with Gasteiger partial charge in [-0.25, -0.2) is 0 Å². The first-order chi connectivity index (χ1) is 12.2. The lowest BCUT2D eigenvalue weighted by Gasteiger charge is -2.22. The van der Waals surface area contributed by atoms with E-state index in [0.29, 0.717) is 16.3 Å². The molecule has 0 aliphatic rings. The molecule has 0 spiro atoms. The molecule has 0 unspecified atom stereocenters. The maximum atomic E-state index is 12.3. The van der Waals surface area contributed by atoms with Gasteiger partial charge in [0.1, 0.15) is 18.5 Å². The van der Waals surface area contributed by atoms with Gasteiger partial charge in [0.05, 0.1) is 0 Å². The summed E-state index contributed by atoms with van der Waals surface area (Å²) in [5, 5.41) is 10.7. The third kappa shape index (κ3) is 5.75. The summed E-state index contributed by atoms with van der Waals surface area (Å²) in [6.45, 7) is 6.76. The Labute approximate surface area is 160 Å². The molecule has 0 fully saturated rings. The van der Waals surface area contributed by atoms with Gasteiger partial charge in [0.2, 0.25) is 0 Å². The van der Waals surface area contributed by atoms with Crippen LogP contribution in [-0.4, -0.2) is 42.2 Å². The normalized spacial score (nSPS) is 12.5. The highest BCUT2D eigenvalue weighted by molar-refractivity contribution is 6.30. The number of carbonyl (C=O) groups is 1. The molecule has 0 aliphatic heterocycles. The third-order valence-corrected chi connectivity index (χ3v) is 4.34. The number of benzene rings is 2. The maximum absolute atomic E-state index is 12.3. The SMILES string of the molecule is CN(C[C@@H](O)COc1ccc(C(C)(C)C)cc1)C(=O)c1ccc(Cl)cc1. The monoisotopic (exact) mass is 375 g/mol. The fourth-order valence-electron chi connectivity index (χ4n) is 2.51. The van der Waals surface area contributed by atoms with Crippen LogP contribution in [0.4, 0.5) is 0 Å². The number of rotatable bonds is 6. The average molecular weight is 376 g/mol. The number of carbonyl (C=O) groups excluding carboxylic acids is 1. The minimum Gasteiger partial charge on any atom is -0.491 e. The molecular formula is C21H26ClNO3. The Morgan fingerprint density at radius 1 is 1.12 bits per heavy atom. The fourth-order valence-corrected chi connectivity index (χ4v) is 2.63. The highest BCUT2D eigenvalue weighted by atomic mass is 35.5. The van der Waals surface area contributed by atoms with Crippen LogP contribution in [0, 0.1) is 0 Å². The van der Waals surface area contributed by atoms with Gasteiger partial charge in [-0.15, -0.1) is 0 Å². The largest absolute Gasteiger partial charge is 0.491 e. The maximum Gasteiger partial charge on any atom is 0.253 e. The van der Waals surface area contributed by atoms with E-state index in [4.69, 9.17) is 16.3 Å². The van der Waals surface area contributed by atoms with Gasteiger partial charge in [0, 0.05) is 24.2 Å². The molecule has 0 bridgehead atoms. The topological polar surface area (TPSA) is 49.8 Å². The van der Waals surface area contributed by atoms with E-state index in [1.807, 2.05) is 24.3 Å². The third-order valence-electron chi connectivity index (χ3n) is 4.09. The molecule has 4 nitrogen and oxygen atoms in total. The summed E-state index contributed by atoms with van der Waals surface area (Å²) >= 11 is 5.83. The zero-order valence-electron chi connectivity index (χ0n) is 15.7. The first-order valence-electron chi connectivity index (χ1n) is 8.59. The molecule has 0 aromatic heterocycles. The number of likely N-dealkylation sites (N-methyl/N-ethyl adjacent to an activating group) is 1. The summed E-state index contributed by atoms with van der Waals surface area (Å²) < 4.78 is 5.63. The molecule has 26 heavy (non-hydrogen) atoms. The standard InChI is InChI=1S/C21H26ClNO3/c1-21(2,3)16-7-11-19(12-8-16)26-14-18(24)13-23(4)20(25)15-5-9-17(22)10-6-15/h5-12,18,24H,13-14H2,1-4H3/t18-/m1/s1. The van der Waals surface area contributed by atoms with Crippen LogP contribution in [0.2, 0.25) is 5.02 Å². The van der Waals surface area contributed by atoms with Gasteiger partial charge in [-0.05, 0) is 47.4 Å². The summed E-state index contributed by atoms with van der Waals surface area (Å²) in [6, 6.07) is 14.5. The molecule has 1 atom stereocenters. The Balaban J connectivity index is 1.85. The van der Waals surface area contributed by atoms with Crippen molar-refractivity contribution >= 4 is 17.5 Å². The van der Waals surface area contributed by atoms with Crippen molar-refractivity contribution in [3.05, 3.63) is 64.7 Å². The van der Waals surface area contributed by atoms with Gasteiger partial charge < -0.3 is 14.7 Å². The molecule has 2 rings (SSSR count). The van der Waals surface area contributed by atoms with Crippen LogP contribution in [0.15, 0.2) is 48.5 Å². The Hall–Kier alpha value is -2.04. The second-order valence-corrected chi connectivity index (χ2v) is 7.87. The van der Waals surface area contributed by atoms with E-state index < -0.39 is 6.10 Å². The van der Waals surface area contributed by atoms with E-state index in [2.05, 4.69) is 20.8 Å². The number of halogens is 1. The molecule has 2 aromatic carbocycles. The number of nitrogens with zero attached hydrogens (tertiary/aromatic N) is 1. The Kier molecular flexibility index (Phi) is 6.68. The van der Waals surface area contributed by atoms with Gasteiger partial charge >= 0.3 is 0 Å². The summed E-state index contributed by atoms with van der Waals surface area (Å²) in [6.07, 6.45) is -0.779. The Morgan fingerprint density at radius 2 is 1.69 bits per heavy atom. The van der Waals surface area contributed by atoms with Gasteiger partial charge in [-0.2, -0.15) is 0 Å². The highest BCUT2D eigenvalue weighted by Gasteiger charge is 2.17. The van der Waals surface area contributed by atoms with Crippen molar-refractivity contribution < 1.29 is 14.6 Å². The number of hydrogen-bond acceptors (Lipinski definition) is 3. The van der Waals surface area contributed by atoms with Crippen LogP contribution < -0.4 is 4.74 Å². The highest BCUT2D eigenvalue weighted by Crippen LogP contribution is 2.24. The second-order valence-electron chi connectivity index (χ2n) is 7.43. The molecule has 0 saturated heterocycles. The zero-order valence-corrected chi connectivity index (χ0v) is 16.5.